The van der Waals surface area contributed by atoms with Crippen LogP contribution in [0.3, 0.4) is 0 Å². The molecule has 0 aromatic heterocycles. The third-order valence-electron chi connectivity index (χ3n) is 4.62. The monoisotopic (exact) mass is 342 g/mol. The topological polar surface area (TPSA) is 90.5 Å². The molecule has 7 heteroatoms. The lowest BCUT2D eigenvalue weighted by Gasteiger charge is -2.38. The first-order valence-electron chi connectivity index (χ1n) is 8.51. The number of amides is 4. The Labute approximate surface area is 146 Å². The molecule has 2 fully saturated rings. The number of imide groups is 2. The highest BCUT2D eigenvalue weighted by Gasteiger charge is 2.45. The molecule has 3 rings (SSSR count). The maximum absolute atomic E-state index is 12.8. The molecule has 3 N–H and O–H groups in total. The Morgan fingerprint density at radius 1 is 1.08 bits per heavy atom. The smallest absolute Gasteiger partial charge is 0.304 e. The van der Waals surface area contributed by atoms with E-state index in [0.717, 1.165) is 37.8 Å². The van der Waals surface area contributed by atoms with Crippen LogP contribution in [0.15, 0.2) is 42.6 Å². The number of hydrogen-bond donors (Lipinski definition) is 3. The van der Waals surface area contributed by atoms with Crippen molar-refractivity contribution in [2.45, 2.75) is 38.1 Å². The average molecular weight is 342 g/mol. The van der Waals surface area contributed by atoms with Crippen molar-refractivity contribution in [3.05, 3.63) is 42.6 Å². The standard InChI is InChI=1S/C18H22N4O3/c1-12(20-21-13-8-4-2-5-9-13)15-16(23)19-18(25)22(17(15)24)14-10-6-3-7-11-14/h2,4-5,8-9,14-15,20-21H,1,3,6-7,10-11H2,(H,19,23,25)/t15-/m0/s1. The van der Waals surface area contributed by atoms with Crippen LogP contribution in [-0.4, -0.2) is 28.8 Å². The molecule has 1 aliphatic carbocycles. The second-order valence-corrected chi connectivity index (χ2v) is 6.37. The van der Waals surface area contributed by atoms with Crippen LogP contribution in [0, 0.1) is 5.92 Å². The van der Waals surface area contributed by atoms with E-state index in [9.17, 15) is 14.4 Å². The highest BCUT2D eigenvalue weighted by molar-refractivity contribution is 6.17. The molecule has 0 spiro atoms. The van der Waals surface area contributed by atoms with Gasteiger partial charge in [-0.15, -0.1) is 0 Å². The van der Waals surface area contributed by atoms with Crippen LogP contribution in [-0.2, 0) is 9.59 Å². The van der Waals surface area contributed by atoms with Gasteiger partial charge in [0.15, 0.2) is 5.92 Å². The predicted octanol–water partition coefficient (Wildman–Crippen LogP) is 2.14. The maximum atomic E-state index is 12.8. The van der Waals surface area contributed by atoms with E-state index in [1.807, 2.05) is 30.3 Å². The second kappa shape index (κ2) is 7.38. The van der Waals surface area contributed by atoms with Crippen molar-refractivity contribution in [3.8, 4) is 0 Å². The molecule has 0 bridgehead atoms. The summed E-state index contributed by atoms with van der Waals surface area (Å²) in [5.74, 6) is -2.28. The summed E-state index contributed by atoms with van der Waals surface area (Å²) in [4.78, 5) is 38.4. The minimum Gasteiger partial charge on any atom is -0.304 e. The van der Waals surface area contributed by atoms with Crippen LogP contribution in [0.2, 0.25) is 0 Å². The molecule has 0 unspecified atom stereocenters. The summed E-state index contributed by atoms with van der Waals surface area (Å²) in [7, 11) is 0. The number of carbonyl (C=O) groups is 3. The molecule has 132 valence electrons. The van der Waals surface area contributed by atoms with Crippen molar-refractivity contribution in [1.82, 2.24) is 15.6 Å². The van der Waals surface area contributed by atoms with Crippen LogP contribution in [0.1, 0.15) is 32.1 Å². The highest BCUT2D eigenvalue weighted by Crippen LogP contribution is 2.27. The summed E-state index contributed by atoms with van der Waals surface area (Å²) in [6, 6.07) is 8.49. The Morgan fingerprint density at radius 2 is 1.76 bits per heavy atom. The number of nitrogens with zero attached hydrogens (tertiary/aromatic N) is 1. The third kappa shape index (κ3) is 3.65. The van der Waals surface area contributed by atoms with E-state index in [1.54, 1.807) is 0 Å². The van der Waals surface area contributed by atoms with Crippen molar-refractivity contribution in [2.24, 2.45) is 5.92 Å². The first-order chi connectivity index (χ1) is 12.1. The lowest BCUT2D eigenvalue weighted by atomic mass is 9.92. The second-order valence-electron chi connectivity index (χ2n) is 6.37. The molecule has 1 saturated heterocycles. The number of nitrogens with one attached hydrogen (secondary N) is 3. The van der Waals surface area contributed by atoms with Gasteiger partial charge in [0.1, 0.15) is 0 Å². The van der Waals surface area contributed by atoms with Gasteiger partial charge in [0, 0.05) is 11.7 Å². The fourth-order valence-electron chi connectivity index (χ4n) is 3.33. The van der Waals surface area contributed by atoms with Crippen LogP contribution < -0.4 is 16.2 Å². The van der Waals surface area contributed by atoms with Gasteiger partial charge in [0.05, 0.1) is 5.69 Å². The molecule has 1 atom stereocenters. The van der Waals surface area contributed by atoms with Gasteiger partial charge in [0.25, 0.3) is 0 Å². The molecule has 1 saturated carbocycles. The van der Waals surface area contributed by atoms with Gasteiger partial charge >= 0.3 is 6.03 Å². The SMILES string of the molecule is C=C(NNc1ccccc1)[C@H]1C(=O)NC(=O)N(C2CCCCC2)C1=O. The van der Waals surface area contributed by atoms with Crippen molar-refractivity contribution >= 4 is 23.5 Å². The van der Waals surface area contributed by atoms with Gasteiger partial charge in [-0.3, -0.25) is 19.8 Å². The number of urea groups is 1. The van der Waals surface area contributed by atoms with E-state index in [-0.39, 0.29) is 11.7 Å². The summed E-state index contributed by atoms with van der Waals surface area (Å²) in [5, 5.41) is 2.28. The van der Waals surface area contributed by atoms with Gasteiger partial charge in [-0.1, -0.05) is 44.0 Å². The number of hydrazine groups is 1. The zero-order valence-corrected chi connectivity index (χ0v) is 14.0. The van der Waals surface area contributed by atoms with E-state index in [0.29, 0.717) is 0 Å². The zero-order valence-electron chi connectivity index (χ0n) is 14.0. The van der Waals surface area contributed by atoms with Crippen molar-refractivity contribution < 1.29 is 14.4 Å². The van der Waals surface area contributed by atoms with Crippen molar-refractivity contribution in [3.63, 3.8) is 0 Å². The summed E-state index contributed by atoms with van der Waals surface area (Å²) in [6.07, 6.45) is 4.63. The van der Waals surface area contributed by atoms with Crippen LogP contribution in [0.4, 0.5) is 10.5 Å². The van der Waals surface area contributed by atoms with Gasteiger partial charge < -0.3 is 10.9 Å². The fraction of sp³-hybridized carbons (Fsp3) is 0.389. The summed E-state index contributed by atoms with van der Waals surface area (Å²) >= 11 is 0. The first kappa shape index (κ1) is 17.0. The van der Waals surface area contributed by atoms with E-state index in [1.165, 1.54) is 4.90 Å². The fourth-order valence-corrected chi connectivity index (χ4v) is 3.33. The van der Waals surface area contributed by atoms with Gasteiger partial charge in [-0.2, -0.15) is 0 Å². The van der Waals surface area contributed by atoms with Crippen LogP contribution >= 0.6 is 0 Å². The van der Waals surface area contributed by atoms with Crippen molar-refractivity contribution in [2.75, 3.05) is 5.43 Å². The zero-order chi connectivity index (χ0) is 17.8. The number of rotatable bonds is 5. The Hall–Kier alpha value is -2.83. The molecule has 7 nitrogen and oxygen atoms in total. The highest BCUT2D eigenvalue weighted by atomic mass is 16.2. The molecule has 1 heterocycles. The van der Waals surface area contributed by atoms with Crippen molar-refractivity contribution in [1.29, 1.82) is 0 Å². The van der Waals surface area contributed by atoms with Gasteiger partial charge in [-0.25, -0.2) is 4.79 Å². The quantitative estimate of drug-likeness (QED) is 0.563. The summed E-state index contributed by atoms with van der Waals surface area (Å²) in [5.41, 5.74) is 6.69. The number of carbonyl (C=O) groups excluding carboxylic acids is 3. The molecule has 1 aromatic rings. The predicted molar refractivity (Wildman–Crippen MR) is 93.1 cm³/mol. The van der Waals surface area contributed by atoms with Crippen LogP contribution in [0.5, 0.6) is 0 Å². The molecule has 4 amide bonds. The van der Waals surface area contributed by atoms with E-state index >= 15 is 0 Å². The molecule has 2 aliphatic rings. The molecule has 25 heavy (non-hydrogen) atoms. The third-order valence-corrected chi connectivity index (χ3v) is 4.62. The largest absolute Gasteiger partial charge is 0.331 e. The van der Waals surface area contributed by atoms with Crippen LogP contribution in [0.25, 0.3) is 0 Å². The lowest BCUT2D eigenvalue weighted by Crippen LogP contribution is -2.62. The Kier molecular flexibility index (Phi) is 5.02. The number of para-hydroxylation sites is 1. The van der Waals surface area contributed by atoms with Gasteiger partial charge in [0.2, 0.25) is 11.8 Å². The number of anilines is 1. The molecular formula is C18H22N4O3. The minimum absolute atomic E-state index is 0.147. The maximum Gasteiger partial charge on any atom is 0.331 e. The lowest BCUT2D eigenvalue weighted by molar-refractivity contribution is -0.142. The van der Waals surface area contributed by atoms with E-state index in [4.69, 9.17) is 0 Å². The summed E-state index contributed by atoms with van der Waals surface area (Å²) < 4.78 is 0. The summed E-state index contributed by atoms with van der Waals surface area (Å²) in [6.45, 7) is 3.81. The number of barbiturate groups is 1. The van der Waals surface area contributed by atoms with E-state index in [2.05, 4.69) is 22.7 Å². The minimum atomic E-state index is -1.13. The van der Waals surface area contributed by atoms with Gasteiger partial charge in [-0.05, 0) is 25.0 Å². The Morgan fingerprint density at radius 3 is 2.44 bits per heavy atom. The Balaban J connectivity index is 1.70. The molecule has 1 aromatic carbocycles. The number of benzene rings is 1. The molecule has 0 radical (unpaired) electrons. The average Bonchev–Trinajstić information content (AvgIpc) is 2.61. The van der Waals surface area contributed by atoms with E-state index < -0.39 is 23.8 Å². The number of hydrogen-bond acceptors (Lipinski definition) is 5. The Bertz CT molecular complexity index is 683. The molecular weight excluding hydrogens is 320 g/mol. The first-order valence-corrected chi connectivity index (χ1v) is 8.51. The molecule has 1 aliphatic heterocycles. The normalized spacial score (nSPS) is 21.7.